The van der Waals surface area contributed by atoms with Gasteiger partial charge in [-0.25, -0.2) is 19.7 Å². The number of hydrogen-bond donors (Lipinski definition) is 5. The molecule has 0 aliphatic heterocycles. The smallest absolute Gasteiger partial charge is 0.327 e. The van der Waals surface area contributed by atoms with Gasteiger partial charge in [-0.2, -0.15) is 10.3 Å². The fourth-order valence-corrected chi connectivity index (χ4v) is 1.56. The van der Waals surface area contributed by atoms with E-state index < -0.39 is 11.2 Å². The summed E-state index contributed by atoms with van der Waals surface area (Å²) in [6.07, 6.45) is 2.69. The summed E-state index contributed by atoms with van der Waals surface area (Å²) in [5.74, 6) is 0.346. The van der Waals surface area contributed by atoms with Gasteiger partial charge < -0.3 is 10.7 Å². The van der Waals surface area contributed by atoms with Gasteiger partial charge in [0.25, 0.3) is 5.56 Å². The van der Waals surface area contributed by atoms with Crippen LogP contribution in [0.15, 0.2) is 22.2 Å². The Balaban J connectivity index is 0.000000126. The number of rotatable bonds is 0. The van der Waals surface area contributed by atoms with Gasteiger partial charge >= 0.3 is 5.69 Å². The van der Waals surface area contributed by atoms with Gasteiger partial charge in [-0.1, -0.05) is 0 Å². The van der Waals surface area contributed by atoms with Crippen molar-refractivity contribution in [2.75, 3.05) is 5.73 Å². The zero-order valence-corrected chi connectivity index (χ0v) is 10.3. The quantitative estimate of drug-likeness (QED) is 0.252. The number of hydrogen-bond acceptors (Lipinski definition) is 8. The number of anilines is 1. The number of nitrogens with two attached hydrogens (primary N) is 1. The minimum atomic E-state index is -0.547. The molecule has 0 aliphatic rings. The number of fused-ring (bicyclic) bond motifs is 2. The molecule has 0 radical (unpaired) electrons. The van der Waals surface area contributed by atoms with Crippen molar-refractivity contribution in [3.63, 3.8) is 0 Å². The molecule has 6 N–H and O–H groups in total. The second-order valence-corrected chi connectivity index (χ2v) is 3.79. The lowest BCUT2D eigenvalue weighted by Gasteiger charge is -1.86. The molecule has 0 saturated heterocycles. The molecule has 4 rings (SSSR count). The Hall–Kier alpha value is -3.57. The molecule has 0 atom stereocenters. The number of nitrogens with zero attached hydrogens (tertiary/aromatic N) is 5. The molecule has 0 aliphatic carbocycles. The molecule has 4 aromatic heterocycles. The van der Waals surface area contributed by atoms with Crippen LogP contribution in [0, 0.1) is 0 Å². The number of aromatic nitrogens is 9. The van der Waals surface area contributed by atoms with Crippen LogP contribution in [0.4, 0.5) is 5.82 Å². The number of nitrogens with one attached hydrogen (secondary N) is 4. The van der Waals surface area contributed by atoms with E-state index in [0.29, 0.717) is 17.0 Å². The highest BCUT2D eigenvalue weighted by Crippen LogP contribution is 2.07. The molecule has 106 valence electrons. The molecule has 0 aromatic carbocycles. The first-order valence-corrected chi connectivity index (χ1v) is 5.58. The molecule has 12 heteroatoms. The summed E-state index contributed by atoms with van der Waals surface area (Å²) in [6.45, 7) is 0. The van der Waals surface area contributed by atoms with E-state index in [1.807, 2.05) is 0 Å². The van der Waals surface area contributed by atoms with E-state index in [1.165, 1.54) is 12.7 Å². The number of H-pyrrole nitrogens is 4. The molecule has 0 unspecified atom stereocenters. The highest BCUT2D eigenvalue weighted by molar-refractivity contribution is 5.79. The Morgan fingerprint density at radius 2 is 1.90 bits per heavy atom. The van der Waals surface area contributed by atoms with Crippen LogP contribution >= 0.6 is 0 Å². The second kappa shape index (κ2) is 4.84. The minimum absolute atomic E-state index is 0.277. The van der Waals surface area contributed by atoms with Crippen molar-refractivity contribution in [3.8, 4) is 0 Å². The van der Waals surface area contributed by atoms with Gasteiger partial charge in [-0.15, -0.1) is 5.10 Å². The maximum Gasteiger partial charge on any atom is 0.327 e. The van der Waals surface area contributed by atoms with Crippen molar-refractivity contribution in [2.24, 2.45) is 0 Å². The largest absolute Gasteiger partial charge is 0.382 e. The third-order valence-electron chi connectivity index (χ3n) is 2.47. The van der Waals surface area contributed by atoms with E-state index in [9.17, 15) is 9.59 Å². The van der Waals surface area contributed by atoms with E-state index in [2.05, 4.69) is 45.3 Å². The predicted octanol–water partition coefficient (Wildman–Crippen LogP) is -1.73. The maximum atomic E-state index is 10.9. The van der Waals surface area contributed by atoms with Crippen LogP contribution in [0.5, 0.6) is 0 Å². The third-order valence-corrected chi connectivity index (χ3v) is 2.47. The van der Waals surface area contributed by atoms with Gasteiger partial charge in [0.05, 0.1) is 6.33 Å². The lowest BCUT2D eigenvalue weighted by Crippen LogP contribution is -2.21. The lowest BCUT2D eigenvalue weighted by molar-refractivity contribution is 0.954. The van der Waals surface area contributed by atoms with Gasteiger partial charge in [0.15, 0.2) is 17.0 Å². The monoisotopic (exact) mass is 288 g/mol. The van der Waals surface area contributed by atoms with E-state index in [-0.39, 0.29) is 11.2 Å². The summed E-state index contributed by atoms with van der Waals surface area (Å²) in [7, 11) is 0. The van der Waals surface area contributed by atoms with Crippen LogP contribution in [-0.2, 0) is 0 Å². The standard InChI is InChI=1S/C5H4N4O2.C4H4N6/c10-4-2-3(7-1-6-2)8-5(11)9-4;5-3-2-4(7-1-6-3)9-10-8-2/h1H,(H3,6,7,8,9,10,11);1H,(H3,5,6,7,8,9,10). The molecule has 0 fully saturated rings. The molecule has 0 spiro atoms. The minimum Gasteiger partial charge on any atom is -0.382 e. The molecule has 4 heterocycles. The first kappa shape index (κ1) is 12.5. The molecule has 4 aromatic rings. The number of nitrogen functional groups attached to an aromatic ring is 1. The van der Waals surface area contributed by atoms with Crippen LogP contribution in [0.2, 0.25) is 0 Å². The Morgan fingerprint density at radius 1 is 1.05 bits per heavy atom. The van der Waals surface area contributed by atoms with E-state index >= 15 is 0 Å². The topological polar surface area (TPSA) is 188 Å². The van der Waals surface area contributed by atoms with E-state index in [0.717, 1.165) is 0 Å². The summed E-state index contributed by atoms with van der Waals surface area (Å²) in [6, 6.07) is 0. The van der Waals surface area contributed by atoms with Crippen LogP contribution in [0.3, 0.4) is 0 Å². The van der Waals surface area contributed by atoms with Crippen LogP contribution < -0.4 is 17.0 Å². The van der Waals surface area contributed by atoms with Crippen molar-refractivity contribution < 1.29 is 0 Å². The Bertz CT molecular complexity index is 1010. The Labute approximate surface area is 113 Å². The Kier molecular flexibility index (Phi) is 2.87. The van der Waals surface area contributed by atoms with Crippen LogP contribution in [-0.4, -0.2) is 45.3 Å². The molecule has 0 bridgehead atoms. The summed E-state index contributed by atoms with van der Waals surface area (Å²) < 4.78 is 0. The summed E-state index contributed by atoms with van der Waals surface area (Å²) in [4.78, 5) is 39.8. The second-order valence-electron chi connectivity index (χ2n) is 3.79. The van der Waals surface area contributed by atoms with Gasteiger partial charge in [0.1, 0.15) is 11.8 Å². The van der Waals surface area contributed by atoms with Crippen molar-refractivity contribution in [2.45, 2.75) is 0 Å². The molecule has 21 heavy (non-hydrogen) atoms. The average Bonchev–Trinajstić information content (AvgIpc) is 3.08. The SMILES string of the molecule is Nc1ncnc2n[nH]nc12.O=c1[nH]c(=O)c2[nH]cnc2[nH]1. The highest BCUT2D eigenvalue weighted by Gasteiger charge is 2.01. The van der Waals surface area contributed by atoms with Gasteiger partial charge in [-0.3, -0.25) is 14.8 Å². The number of imidazole rings is 1. The summed E-state index contributed by atoms with van der Waals surface area (Å²) >= 11 is 0. The van der Waals surface area contributed by atoms with Crippen molar-refractivity contribution in [3.05, 3.63) is 33.5 Å². The molecule has 0 saturated carbocycles. The normalized spacial score (nSPS) is 10.5. The van der Waals surface area contributed by atoms with Gasteiger partial charge in [0, 0.05) is 0 Å². The summed E-state index contributed by atoms with van der Waals surface area (Å²) in [5, 5.41) is 9.84. The van der Waals surface area contributed by atoms with Crippen LogP contribution in [0.25, 0.3) is 22.3 Å². The van der Waals surface area contributed by atoms with Crippen LogP contribution in [0.1, 0.15) is 0 Å². The molecule has 12 nitrogen and oxygen atoms in total. The molecular formula is C9H8N10O2. The van der Waals surface area contributed by atoms with Crippen molar-refractivity contribution in [1.29, 1.82) is 0 Å². The maximum absolute atomic E-state index is 10.9. The third kappa shape index (κ3) is 2.32. The van der Waals surface area contributed by atoms with E-state index in [1.54, 1.807) is 0 Å². The average molecular weight is 288 g/mol. The first-order valence-electron chi connectivity index (χ1n) is 5.58. The zero-order chi connectivity index (χ0) is 14.8. The van der Waals surface area contributed by atoms with Crippen molar-refractivity contribution >= 4 is 28.1 Å². The van der Waals surface area contributed by atoms with E-state index in [4.69, 9.17) is 5.73 Å². The first-order chi connectivity index (χ1) is 10.1. The molecule has 0 amide bonds. The van der Waals surface area contributed by atoms with Gasteiger partial charge in [0.2, 0.25) is 5.65 Å². The fourth-order valence-electron chi connectivity index (χ4n) is 1.56. The summed E-state index contributed by atoms with van der Waals surface area (Å²) in [5.41, 5.74) is 5.99. The zero-order valence-electron chi connectivity index (χ0n) is 10.3. The van der Waals surface area contributed by atoms with Crippen molar-refractivity contribution in [1.82, 2.24) is 45.3 Å². The Morgan fingerprint density at radius 3 is 2.71 bits per heavy atom. The lowest BCUT2D eigenvalue weighted by atomic mass is 10.5. The molecular weight excluding hydrogens is 280 g/mol. The fraction of sp³-hybridized carbons (Fsp3) is 0. The predicted molar refractivity (Wildman–Crippen MR) is 71.2 cm³/mol. The van der Waals surface area contributed by atoms with Gasteiger partial charge in [-0.05, 0) is 0 Å². The highest BCUT2D eigenvalue weighted by atomic mass is 16.2. The number of aromatic amines is 4.